The molecule has 3 unspecified atom stereocenters. The molecule has 1 fully saturated rings. The van der Waals surface area contributed by atoms with Crippen molar-refractivity contribution >= 4 is 0 Å². The van der Waals surface area contributed by atoms with Crippen LogP contribution in [0.5, 0.6) is 0 Å². The zero-order valence-corrected chi connectivity index (χ0v) is 7.12. The lowest BCUT2D eigenvalue weighted by Gasteiger charge is -2.39. The van der Waals surface area contributed by atoms with Crippen molar-refractivity contribution < 1.29 is 14.6 Å². The van der Waals surface area contributed by atoms with Gasteiger partial charge in [-0.2, -0.15) is 0 Å². The molecule has 0 aliphatic heterocycles. The lowest BCUT2D eigenvalue weighted by molar-refractivity contribution is -0.181. The first-order chi connectivity index (χ1) is 5.29. The SMILES string of the molecule is CCCOC1CC(O)C1OC. The Labute approximate surface area is 67.3 Å². The molecule has 0 aromatic carbocycles. The second kappa shape index (κ2) is 4.04. The van der Waals surface area contributed by atoms with Crippen molar-refractivity contribution in [2.24, 2.45) is 0 Å². The zero-order chi connectivity index (χ0) is 8.27. The summed E-state index contributed by atoms with van der Waals surface area (Å²) >= 11 is 0. The van der Waals surface area contributed by atoms with Crippen LogP contribution >= 0.6 is 0 Å². The summed E-state index contributed by atoms with van der Waals surface area (Å²) in [6, 6.07) is 0. The van der Waals surface area contributed by atoms with E-state index in [-0.39, 0.29) is 18.3 Å². The Balaban J connectivity index is 2.16. The molecule has 3 nitrogen and oxygen atoms in total. The van der Waals surface area contributed by atoms with Crippen molar-refractivity contribution in [3.63, 3.8) is 0 Å². The molecule has 3 atom stereocenters. The average molecular weight is 160 g/mol. The maximum atomic E-state index is 9.17. The van der Waals surface area contributed by atoms with Gasteiger partial charge < -0.3 is 14.6 Å². The molecule has 0 amide bonds. The summed E-state index contributed by atoms with van der Waals surface area (Å²) in [4.78, 5) is 0. The fourth-order valence-electron chi connectivity index (χ4n) is 1.30. The molecule has 3 heteroatoms. The van der Waals surface area contributed by atoms with Crippen LogP contribution < -0.4 is 0 Å². The van der Waals surface area contributed by atoms with Crippen LogP contribution in [0.25, 0.3) is 0 Å². The van der Waals surface area contributed by atoms with Crippen molar-refractivity contribution in [2.45, 2.75) is 38.1 Å². The molecule has 11 heavy (non-hydrogen) atoms. The Bertz CT molecular complexity index is 116. The van der Waals surface area contributed by atoms with E-state index in [1.165, 1.54) is 0 Å². The Morgan fingerprint density at radius 2 is 2.27 bits per heavy atom. The first-order valence-corrected chi connectivity index (χ1v) is 4.12. The first kappa shape index (κ1) is 8.97. The Hall–Kier alpha value is -0.120. The number of rotatable bonds is 4. The Morgan fingerprint density at radius 1 is 1.55 bits per heavy atom. The van der Waals surface area contributed by atoms with Gasteiger partial charge in [0, 0.05) is 20.1 Å². The van der Waals surface area contributed by atoms with Crippen LogP contribution in [-0.4, -0.2) is 37.1 Å². The van der Waals surface area contributed by atoms with E-state index in [1.807, 2.05) is 0 Å². The predicted molar refractivity (Wildman–Crippen MR) is 41.5 cm³/mol. The highest BCUT2D eigenvalue weighted by atomic mass is 16.5. The van der Waals surface area contributed by atoms with E-state index in [1.54, 1.807) is 7.11 Å². The highest BCUT2D eigenvalue weighted by Crippen LogP contribution is 2.26. The van der Waals surface area contributed by atoms with Gasteiger partial charge in [0.1, 0.15) is 6.10 Å². The van der Waals surface area contributed by atoms with Gasteiger partial charge in [0.25, 0.3) is 0 Å². The van der Waals surface area contributed by atoms with E-state index in [4.69, 9.17) is 9.47 Å². The number of aliphatic hydroxyl groups is 1. The second-order valence-corrected chi connectivity index (χ2v) is 2.91. The molecular weight excluding hydrogens is 144 g/mol. The topological polar surface area (TPSA) is 38.7 Å². The minimum Gasteiger partial charge on any atom is -0.390 e. The largest absolute Gasteiger partial charge is 0.390 e. The van der Waals surface area contributed by atoms with Gasteiger partial charge in [-0.25, -0.2) is 0 Å². The summed E-state index contributed by atoms with van der Waals surface area (Å²) in [5, 5.41) is 9.17. The molecule has 0 saturated heterocycles. The smallest absolute Gasteiger partial charge is 0.109 e. The summed E-state index contributed by atoms with van der Waals surface area (Å²) in [6.07, 6.45) is 1.44. The molecule has 0 spiro atoms. The van der Waals surface area contributed by atoms with Gasteiger partial charge >= 0.3 is 0 Å². The third-order valence-corrected chi connectivity index (χ3v) is 2.03. The van der Waals surface area contributed by atoms with E-state index in [9.17, 15) is 5.11 Å². The molecule has 0 aromatic rings. The fourth-order valence-corrected chi connectivity index (χ4v) is 1.30. The quantitative estimate of drug-likeness (QED) is 0.653. The molecule has 66 valence electrons. The van der Waals surface area contributed by atoms with Crippen LogP contribution in [0.4, 0.5) is 0 Å². The number of methoxy groups -OCH3 is 1. The minimum absolute atomic E-state index is 0.0958. The normalized spacial score (nSPS) is 36.8. The van der Waals surface area contributed by atoms with Crippen molar-refractivity contribution in [3.05, 3.63) is 0 Å². The Kier molecular flexibility index (Phi) is 3.30. The van der Waals surface area contributed by atoms with E-state index in [0.717, 1.165) is 19.4 Å². The van der Waals surface area contributed by atoms with E-state index >= 15 is 0 Å². The summed E-state index contributed by atoms with van der Waals surface area (Å²) in [7, 11) is 1.61. The minimum atomic E-state index is -0.318. The molecule has 1 rings (SSSR count). The lowest BCUT2D eigenvalue weighted by atomic mass is 9.88. The Morgan fingerprint density at radius 3 is 2.73 bits per heavy atom. The van der Waals surface area contributed by atoms with E-state index in [2.05, 4.69) is 6.92 Å². The van der Waals surface area contributed by atoms with Crippen LogP contribution in [0.1, 0.15) is 19.8 Å². The highest BCUT2D eigenvalue weighted by molar-refractivity contribution is 4.91. The molecular formula is C8H16O3. The molecule has 0 radical (unpaired) electrons. The fraction of sp³-hybridized carbons (Fsp3) is 1.00. The number of aliphatic hydroxyl groups excluding tert-OH is 1. The predicted octanol–water partition coefficient (Wildman–Crippen LogP) is 0.561. The van der Waals surface area contributed by atoms with Crippen LogP contribution in [0, 0.1) is 0 Å². The third kappa shape index (κ3) is 1.92. The molecule has 0 aromatic heterocycles. The van der Waals surface area contributed by atoms with Crippen LogP contribution in [0.15, 0.2) is 0 Å². The van der Waals surface area contributed by atoms with Gasteiger partial charge in [-0.05, 0) is 6.42 Å². The molecule has 1 aliphatic rings. The molecule has 0 heterocycles. The van der Waals surface area contributed by atoms with Gasteiger partial charge in [0.2, 0.25) is 0 Å². The van der Waals surface area contributed by atoms with Gasteiger partial charge in [-0.1, -0.05) is 6.92 Å². The molecule has 1 N–H and O–H groups in total. The van der Waals surface area contributed by atoms with E-state index < -0.39 is 0 Å². The van der Waals surface area contributed by atoms with Crippen LogP contribution in [0.3, 0.4) is 0 Å². The molecule has 1 aliphatic carbocycles. The zero-order valence-electron chi connectivity index (χ0n) is 7.12. The number of ether oxygens (including phenoxy) is 2. The second-order valence-electron chi connectivity index (χ2n) is 2.91. The average Bonchev–Trinajstić information content (AvgIpc) is 1.98. The van der Waals surface area contributed by atoms with E-state index in [0.29, 0.717) is 0 Å². The highest BCUT2D eigenvalue weighted by Gasteiger charge is 2.40. The monoisotopic (exact) mass is 160 g/mol. The number of hydrogen-bond donors (Lipinski definition) is 1. The van der Waals surface area contributed by atoms with Crippen LogP contribution in [-0.2, 0) is 9.47 Å². The summed E-state index contributed by atoms with van der Waals surface area (Å²) in [5.41, 5.74) is 0. The summed E-state index contributed by atoms with van der Waals surface area (Å²) < 4.78 is 10.4. The van der Waals surface area contributed by atoms with Crippen molar-refractivity contribution in [2.75, 3.05) is 13.7 Å². The summed E-state index contributed by atoms with van der Waals surface area (Å²) in [6.45, 7) is 2.83. The van der Waals surface area contributed by atoms with Crippen molar-refractivity contribution in [1.82, 2.24) is 0 Å². The first-order valence-electron chi connectivity index (χ1n) is 4.12. The molecule has 0 bridgehead atoms. The maximum absolute atomic E-state index is 9.17. The summed E-state index contributed by atoms with van der Waals surface area (Å²) in [5.74, 6) is 0. The standard InChI is InChI=1S/C8H16O3/c1-3-4-11-7-5-6(9)8(7)10-2/h6-9H,3-5H2,1-2H3. The van der Waals surface area contributed by atoms with Gasteiger partial charge in [0.05, 0.1) is 12.2 Å². The van der Waals surface area contributed by atoms with Gasteiger partial charge in [0.15, 0.2) is 0 Å². The molecule has 1 saturated carbocycles. The third-order valence-electron chi connectivity index (χ3n) is 2.03. The lowest BCUT2D eigenvalue weighted by Crippen LogP contribution is -2.53. The van der Waals surface area contributed by atoms with Crippen molar-refractivity contribution in [3.8, 4) is 0 Å². The maximum Gasteiger partial charge on any atom is 0.109 e. The van der Waals surface area contributed by atoms with Crippen molar-refractivity contribution in [1.29, 1.82) is 0 Å². The number of hydrogen-bond acceptors (Lipinski definition) is 3. The van der Waals surface area contributed by atoms with Gasteiger partial charge in [-0.3, -0.25) is 0 Å². The van der Waals surface area contributed by atoms with Crippen LogP contribution in [0.2, 0.25) is 0 Å². The van der Waals surface area contributed by atoms with Gasteiger partial charge in [-0.15, -0.1) is 0 Å².